The molecule has 1 aliphatic heterocycles. The molecule has 0 spiro atoms. The largest absolute Gasteiger partial charge is 0.450 e. The average molecular weight is 276 g/mol. The number of Topliss-reactive ketones (excluding diaryl/α,β-unsaturated/α-hetero) is 1. The van der Waals surface area contributed by atoms with E-state index < -0.39 is 0 Å². The van der Waals surface area contributed by atoms with E-state index in [9.17, 15) is 4.79 Å². The van der Waals surface area contributed by atoms with E-state index >= 15 is 0 Å². The lowest BCUT2D eigenvalue weighted by molar-refractivity contribution is -0.112. The monoisotopic (exact) mass is 275 g/mol. The maximum Gasteiger partial charge on any atom is 0.239 e. The van der Waals surface area contributed by atoms with Crippen molar-refractivity contribution in [2.45, 2.75) is 0 Å². The molecule has 0 saturated heterocycles. The van der Waals surface area contributed by atoms with Gasteiger partial charge in [0, 0.05) is 5.56 Å². The minimum absolute atomic E-state index is 0.0493. The van der Waals surface area contributed by atoms with Gasteiger partial charge in [-0.3, -0.25) is 4.79 Å². The molecule has 16 heavy (non-hydrogen) atoms. The summed E-state index contributed by atoms with van der Waals surface area (Å²) in [6.07, 6.45) is 1.10. The zero-order chi connectivity index (χ0) is 11.5. The van der Waals surface area contributed by atoms with Crippen molar-refractivity contribution < 1.29 is 9.53 Å². The van der Waals surface area contributed by atoms with Crippen LogP contribution in [0.1, 0.15) is 5.56 Å². The molecule has 3 nitrogen and oxygen atoms in total. The van der Waals surface area contributed by atoms with E-state index in [0.29, 0.717) is 10.2 Å². The van der Waals surface area contributed by atoms with Crippen molar-refractivity contribution >= 4 is 27.5 Å². The number of benzene rings is 1. The molecule has 1 heterocycles. The lowest BCUT2D eigenvalue weighted by Crippen LogP contribution is -1.94. The van der Waals surface area contributed by atoms with Gasteiger partial charge >= 0.3 is 0 Å². The van der Waals surface area contributed by atoms with Crippen LogP contribution >= 0.6 is 15.9 Å². The SMILES string of the molecule is N#CC=C1OC(c2ccccc2)=C(Br)C1=O. The van der Waals surface area contributed by atoms with Crippen LogP contribution in [0, 0.1) is 11.3 Å². The minimum Gasteiger partial charge on any atom is -0.450 e. The highest BCUT2D eigenvalue weighted by molar-refractivity contribution is 9.12. The van der Waals surface area contributed by atoms with Gasteiger partial charge in [0.05, 0.1) is 12.1 Å². The van der Waals surface area contributed by atoms with E-state index in [4.69, 9.17) is 10.00 Å². The minimum atomic E-state index is -0.305. The fourth-order valence-electron chi connectivity index (χ4n) is 1.34. The molecule has 1 aliphatic rings. The number of hydrogen-bond donors (Lipinski definition) is 0. The summed E-state index contributed by atoms with van der Waals surface area (Å²) < 4.78 is 5.68. The molecule has 1 aromatic carbocycles. The Hall–Kier alpha value is -1.86. The maximum atomic E-state index is 11.6. The molecule has 0 N–H and O–H groups in total. The van der Waals surface area contributed by atoms with Crippen LogP contribution < -0.4 is 0 Å². The molecule has 2 rings (SSSR count). The van der Waals surface area contributed by atoms with Crippen molar-refractivity contribution in [3.63, 3.8) is 0 Å². The summed E-state index contributed by atoms with van der Waals surface area (Å²) in [5.41, 5.74) is 0.795. The zero-order valence-electron chi connectivity index (χ0n) is 8.11. The van der Waals surface area contributed by atoms with E-state index in [-0.39, 0.29) is 11.5 Å². The Morgan fingerprint density at radius 3 is 2.62 bits per heavy atom. The maximum absolute atomic E-state index is 11.6. The van der Waals surface area contributed by atoms with E-state index in [2.05, 4.69) is 15.9 Å². The van der Waals surface area contributed by atoms with Crippen LogP contribution in [0.4, 0.5) is 0 Å². The van der Waals surface area contributed by atoms with Gasteiger partial charge in [0.2, 0.25) is 5.78 Å². The molecule has 78 valence electrons. The van der Waals surface area contributed by atoms with Gasteiger partial charge in [-0.1, -0.05) is 30.3 Å². The first kappa shape index (κ1) is 10.7. The molecular weight excluding hydrogens is 270 g/mol. The molecule has 0 unspecified atom stereocenters. The number of halogens is 1. The number of carbonyl (C=O) groups is 1. The van der Waals surface area contributed by atoms with E-state index in [1.807, 2.05) is 30.3 Å². The first-order valence-corrected chi connectivity index (χ1v) is 5.31. The van der Waals surface area contributed by atoms with E-state index in [1.54, 1.807) is 6.07 Å². The molecule has 0 bridgehead atoms. The molecular formula is C12H6BrNO2. The van der Waals surface area contributed by atoms with Crippen LogP contribution in [0.5, 0.6) is 0 Å². The summed E-state index contributed by atoms with van der Waals surface area (Å²) >= 11 is 3.17. The zero-order valence-corrected chi connectivity index (χ0v) is 9.69. The smallest absolute Gasteiger partial charge is 0.239 e. The average Bonchev–Trinajstić information content (AvgIpc) is 2.59. The van der Waals surface area contributed by atoms with Gasteiger partial charge in [-0.15, -0.1) is 0 Å². The first-order valence-electron chi connectivity index (χ1n) is 4.51. The van der Waals surface area contributed by atoms with Crippen LogP contribution in [-0.2, 0) is 9.53 Å². The van der Waals surface area contributed by atoms with Crippen molar-refractivity contribution in [2.75, 3.05) is 0 Å². The molecule has 4 heteroatoms. The van der Waals surface area contributed by atoms with Crippen LogP contribution in [0.25, 0.3) is 5.76 Å². The van der Waals surface area contributed by atoms with Crippen molar-refractivity contribution in [1.29, 1.82) is 5.26 Å². The third-order valence-corrected chi connectivity index (χ3v) is 2.79. The number of carbonyl (C=O) groups excluding carboxylic acids is 1. The lowest BCUT2D eigenvalue weighted by Gasteiger charge is -2.02. The molecule has 0 saturated carbocycles. The fourth-order valence-corrected chi connectivity index (χ4v) is 1.85. The number of hydrogen-bond acceptors (Lipinski definition) is 3. The summed E-state index contributed by atoms with van der Waals surface area (Å²) in [6.45, 7) is 0. The van der Waals surface area contributed by atoms with Gasteiger partial charge < -0.3 is 4.74 Å². The van der Waals surface area contributed by atoms with Crippen molar-refractivity contribution in [3.8, 4) is 6.07 Å². The Balaban J connectivity index is 2.43. The van der Waals surface area contributed by atoms with Gasteiger partial charge in [-0.05, 0) is 15.9 Å². The van der Waals surface area contributed by atoms with Gasteiger partial charge in [0.15, 0.2) is 11.5 Å². The summed E-state index contributed by atoms with van der Waals surface area (Å²) in [5, 5.41) is 8.50. The van der Waals surface area contributed by atoms with Gasteiger partial charge in [-0.2, -0.15) is 5.26 Å². The second kappa shape index (κ2) is 4.33. The Kier molecular flexibility index (Phi) is 2.88. The first-order chi connectivity index (χ1) is 7.74. The molecule has 0 amide bonds. The standard InChI is InChI=1S/C12H6BrNO2/c13-10-11(15)9(6-7-14)16-12(10)8-4-2-1-3-5-8/h1-6H. The second-order valence-corrected chi connectivity index (χ2v) is 3.87. The van der Waals surface area contributed by atoms with Crippen molar-refractivity contribution in [1.82, 2.24) is 0 Å². The van der Waals surface area contributed by atoms with E-state index in [0.717, 1.165) is 11.6 Å². The van der Waals surface area contributed by atoms with E-state index in [1.165, 1.54) is 0 Å². The topological polar surface area (TPSA) is 50.1 Å². The summed E-state index contributed by atoms with van der Waals surface area (Å²) in [5.74, 6) is 0.195. The highest BCUT2D eigenvalue weighted by atomic mass is 79.9. The Bertz CT molecular complexity index is 538. The molecule has 0 radical (unpaired) electrons. The number of ether oxygens (including phenoxy) is 1. The number of rotatable bonds is 1. The highest BCUT2D eigenvalue weighted by Gasteiger charge is 2.29. The normalized spacial score (nSPS) is 17.5. The predicted molar refractivity (Wildman–Crippen MR) is 62.1 cm³/mol. The Morgan fingerprint density at radius 2 is 2.00 bits per heavy atom. The summed E-state index contributed by atoms with van der Waals surface area (Å²) in [4.78, 5) is 11.6. The van der Waals surface area contributed by atoms with Gasteiger partial charge in [0.25, 0.3) is 0 Å². The number of nitriles is 1. The van der Waals surface area contributed by atoms with Crippen LogP contribution in [0.3, 0.4) is 0 Å². The van der Waals surface area contributed by atoms with Gasteiger partial charge in [0.1, 0.15) is 4.48 Å². The number of allylic oxidation sites excluding steroid dienone is 2. The highest BCUT2D eigenvalue weighted by Crippen LogP contribution is 2.35. The van der Waals surface area contributed by atoms with Crippen molar-refractivity contribution in [2.24, 2.45) is 0 Å². The summed E-state index contributed by atoms with van der Waals surface area (Å²) in [6, 6.07) is 11.0. The number of ketones is 1. The number of nitrogens with zero attached hydrogens (tertiary/aromatic N) is 1. The van der Waals surface area contributed by atoms with Crippen molar-refractivity contribution in [3.05, 3.63) is 52.2 Å². The van der Waals surface area contributed by atoms with Crippen LogP contribution in [0.2, 0.25) is 0 Å². The summed E-state index contributed by atoms with van der Waals surface area (Å²) in [7, 11) is 0. The quantitative estimate of drug-likeness (QED) is 0.585. The third kappa shape index (κ3) is 1.77. The Labute approximate surface area is 101 Å². The van der Waals surface area contributed by atoms with Gasteiger partial charge in [-0.25, -0.2) is 0 Å². The fraction of sp³-hybridized carbons (Fsp3) is 0. The third-order valence-electron chi connectivity index (χ3n) is 2.07. The molecule has 0 atom stereocenters. The molecule has 0 aromatic heterocycles. The Morgan fingerprint density at radius 1 is 1.31 bits per heavy atom. The second-order valence-electron chi connectivity index (χ2n) is 3.08. The van der Waals surface area contributed by atoms with Crippen LogP contribution in [0.15, 0.2) is 46.6 Å². The molecule has 0 fully saturated rings. The predicted octanol–water partition coefficient (Wildman–Crippen LogP) is 2.76. The molecule has 0 aliphatic carbocycles. The van der Waals surface area contributed by atoms with Crippen LogP contribution in [-0.4, -0.2) is 5.78 Å². The lowest BCUT2D eigenvalue weighted by atomic mass is 10.2. The molecule has 1 aromatic rings.